The lowest BCUT2D eigenvalue weighted by Crippen LogP contribution is -2.23. The number of rotatable bonds is 3. The van der Waals surface area contributed by atoms with Gasteiger partial charge in [-0.05, 0) is 24.3 Å². The monoisotopic (exact) mass is 298 g/mol. The van der Waals surface area contributed by atoms with Gasteiger partial charge in [-0.1, -0.05) is 11.6 Å². The Bertz CT molecular complexity index is 668. The molecule has 0 aliphatic rings. The Labute approximate surface area is 120 Å². The molecule has 4 nitrogen and oxygen atoms in total. The van der Waals surface area contributed by atoms with Gasteiger partial charge >= 0.3 is 0 Å². The molecule has 1 aromatic carbocycles. The molecule has 0 amide bonds. The minimum atomic E-state index is -0.209. The summed E-state index contributed by atoms with van der Waals surface area (Å²) in [6, 6.07) is 6.88. The second-order valence-electron chi connectivity index (χ2n) is 3.96. The van der Waals surface area contributed by atoms with Crippen molar-refractivity contribution in [1.29, 1.82) is 0 Å². The summed E-state index contributed by atoms with van der Waals surface area (Å²) in [6.45, 7) is 0. The summed E-state index contributed by atoms with van der Waals surface area (Å²) in [5, 5.41) is 4.78. The number of methoxy groups -OCH3 is 1. The summed E-state index contributed by atoms with van der Waals surface area (Å²) in [6.07, 6.45) is 0. The predicted molar refractivity (Wildman–Crippen MR) is 76.0 cm³/mol. The van der Waals surface area contributed by atoms with E-state index in [-0.39, 0.29) is 11.4 Å². The zero-order valence-corrected chi connectivity index (χ0v) is 12.0. The molecule has 0 bridgehead atoms. The van der Waals surface area contributed by atoms with E-state index in [4.69, 9.17) is 27.9 Å². The minimum absolute atomic E-state index is 0.130. The normalized spacial score (nSPS) is 10.5. The van der Waals surface area contributed by atoms with Gasteiger partial charge in [0.15, 0.2) is 0 Å². The summed E-state index contributed by atoms with van der Waals surface area (Å²) in [5.41, 5.74) is 1.59. The van der Waals surface area contributed by atoms with Crippen molar-refractivity contribution in [2.75, 3.05) is 7.11 Å². The standard InChI is InChI=1S/C13H12Cl2N2O2/c1-17-13(18)8(7-14)5-11(16-17)10-6-9(15)3-4-12(10)19-2/h3-6H,7H2,1-2H3. The Morgan fingerprint density at radius 3 is 2.74 bits per heavy atom. The van der Waals surface area contributed by atoms with E-state index in [9.17, 15) is 4.79 Å². The highest BCUT2D eigenvalue weighted by molar-refractivity contribution is 6.31. The van der Waals surface area contributed by atoms with Gasteiger partial charge in [-0.2, -0.15) is 5.10 Å². The number of aromatic nitrogens is 2. The number of nitrogens with zero attached hydrogens (tertiary/aromatic N) is 2. The fourth-order valence-corrected chi connectivity index (χ4v) is 2.14. The Balaban J connectivity index is 2.68. The minimum Gasteiger partial charge on any atom is -0.496 e. The van der Waals surface area contributed by atoms with Gasteiger partial charge in [0, 0.05) is 23.2 Å². The van der Waals surface area contributed by atoms with E-state index < -0.39 is 0 Å². The first-order valence-corrected chi connectivity index (χ1v) is 6.45. The molecule has 1 aromatic heterocycles. The topological polar surface area (TPSA) is 44.1 Å². The molecule has 0 saturated heterocycles. The maximum Gasteiger partial charge on any atom is 0.270 e. The lowest BCUT2D eigenvalue weighted by Gasteiger charge is -2.10. The molecule has 0 aliphatic heterocycles. The number of alkyl halides is 1. The van der Waals surface area contributed by atoms with Gasteiger partial charge < -0.3 is 4.74 Å². The maximum absolute atomic E-state index is 11.8. The summed E-state index contributed by atoms with van der Waals surface area (Å²) < 4.78 is 6.54. The van der Waals surface area contributed by atoms with Crippen LogP contribution in [0.3, 0.4) is 0 Å². The van der Waals surface area contributed by atoms with Crippen molar-refractivity contribution in [3.63, 3.8) is 0 Å². The van der Waals surface area contributed by atoms with Crippen molar-refractivity contribution in [1.82, 2.24) is 9.78 Å². The molecule has 0 radical (unpaired) electrons. The van der Waals surface area contributed by atoms with Crippen LogP contribution < -0.4 is 10.3 Å². The van der Waals surface area contributed by atoms with Gasteiger partial charge in [0.1, 0.15) is 5.75 Å². The molecule has 100 valence electrons. The van der Waals surface area contributed by atoms with E-state index >= 15 is 0 Å². The number of benzene rings is 1. The van der Waals surface area contributed by atoms with Crippen molar-refractivity contribution < 1.29 is 4.74 Å². The van der Waals surface area contributed by atoms with Crippen LogP contribution in [0, 0.1) is 0 Å². The molecule has 1 heterocycles. The summed E-state index contributed by atoms with van der Waals surface area (Å²) in [7, 11) is 3.15. The summed E-state index contributed by atoms with van der Waals surface area (Å²) >= 11 is 11.8. The molecule has 2 aromatic rings. The van der Waals surface area contributed by atoms with Crippen LogP contribution in [0.2, 0.25) is 5.02 Å². The zero-order valence-electron chi connectivity index (χ0n) is 10.5. The van der Waals surface area contributed by atoms with Gasteiger partial charge in [-0.15, -0.1) is 11.6 Å². The van der Waals surface area contributed by atoms with Crippen molar-refractivity contribution in [3.05, 3.63) is 45.2 Å². The molecule has 0 atom stereocenters. The first-order chi connectivity index (χ1) is 9.06. The fourth-order valence-electron chi connectivity index (χ4n) is 1.78. The Morgan fingerprint density at radius 2 is 2.11 bits per heavy atom. The molecule has 6 heteroatoms. The Hall–Kier alpha value is -1.52. The number of halogens is 2. The highest BCUT2D eigenvalue weighted by Gasteiger charge is 2.12. The SMILES string of the molecule is COc1ccc(Cl)cc1-c1cc(CCl)c(=O)n(C)n1. The predicted octanol–water partition coefficient (Wildman–Crippen LogP) is 2.85. The van der Waals surface area contributed by atoms with Crippen LogP contribution in [0.5, 0.6) is 5.75 Å². The molecular weight excluding hydrogens is 287 g/mol. The number of hydrogen-bond acceptors (Lipinski definition) is 3. The third-order valence-corrected chi connectivity index (χ3v) is 3.24. The highest BCUT2D eigenvalue weighted by Crippen LogP contribution is 2.31. The van der Waals surface area contributed by atoms with Crippen molar-refractivity contribution in [3.8, 4) is 17.0 Å². The third kappa shape index (κ3) is 2.74. The maximum atomic E-state index is 11.8. The van der Waals surface area contributed by atoms with Gasteiger partial charge in [0.05, 0.1) is 18.7 Å². The lowest BCUT2D eigenvalue weighted by atomic mass is 10.1. The van der Waals surface area contributed by atoms with Crippen LogP contribution in [0.1, 0.15) is 5.56 Å². The summed E-state index contributed by atoms with van der Waals surface area (Å²) in [5.74, 6) is 0.765. The molecule has 0 N–H and O–H groups in total. The zero-order chi connectivity index (χ0) is 14.0. The van der Waals surface area contributed by atoms with Crippen LogP contribution >= 0.6 is 23.2 Å². The Morgan fingerprint density at radius 1 is 1.37 bits per heavy atom. The molecule has 0 unspecified atom stereocenters. The van der Waals surface area contributed by atoms with E-state index in [1.807, 2.05) is 0 Å². The number of ether oxygens (including phenoxy) is 1. The quantitative estimate of drug-likeness (QED) is 0.819. The Kier molecular flexibility index (Phi) is 4.12. The van der Waals surface area contributed by atoms with Crippen LogP contribution in [-0.4, -0.2) is 16.9 Å². The van der Waals surface area contributed by atoms with Gasteiger partial charge in [0.25, 0.3) is 5.56 Å². The second kappa shape index (κ2) is 5.63. The highest BCUT2D eigenvalue weighted by atomic mass is 35.5. The van der Waals surface area contributed by atoms with E-state index in [0.717, 1.165) is 5.56 Å². The average Bonchev–Trinajstić information content (AvgIpc) is 2.41. The van der Waals surface area contributed by atoms with Crippen LogP contribution in [0.25, 0.3) is 11.3 Å². The van der Waals surface area contributed by atoms with E-state index in [2.05, 4.69) is 5.10 Å². The van der Waals surface area contributed by atoms with Crippen molar-refractivity contribution in [2.24, 2.45) is 7.05 Å². The number of aryl methyl sites for hydroxylation is 1. The fraction of sp³-hybridized carbons (Fsp3) is 0.231. The average molecular weight is 299 g/mol. The molecule has 0 aliphatic carbocycles. The molecular formula is C13H12Cl2N2O2. The lowest BCUT2D eigenvalue weighted by molar-refractivity contribution is 0.416. The molecule has 0 spiro atoms. The van der Waals surface area contributed by atoms with Gasteiger partial charge in [-0.3, -0.25) is 4.79 Å². The van der Waals surface area contributed by atoms with E-state index in [1.54, 1.807) is 38.4 Å². The molecule has 2 rings (SSSR count). The van der Waals surface area contributed by atoms with Crippen LogP contribution in [0.4, 0.5) is 0 Å². The van der Waals surface area contributed by atoms with E-state index in [1.165, 1.54) is 4.68 Å². The van der Waals surface area contributed by atoms with Gasteiger partial charge in [0.2, 0.25) is 0 Å². The third-order valence-electron chi connectivity index (χ3n) is 2.72. The summed E-state index contributed by atoms with van der Waals surface area (Å²) in [4.78, 5) is 11.8. The van der Waals surface area contributed by atoms with Crippen LogP contribution in [-0.2, 0) is 12.9 Å². The van der Waals surface area contributed by atoms with E-state index in [0.29, 0.717) is 22.0 Å². The van der Waals surface area contributed by atoms with Crippen molar-refractivity contribution >= 4 is 23.2 Å². The smallest absolute Gasteiger partial charge is 0.270 e. The molecule has 19 heavy (non-hydrogen) atoms. The molecule has 0 saturated carbocycles. The first-order valence-electron chi connectivity index (χ1n) is 5.54. The first kappa shape index (κ1) is 13.9. The number of hydrogen-bond donors (Lipinski definition) is 0. The van der Waals surface area contributed by atoms with Crippen molar-refractivity contribution in [2.45, 2.75) is 5.88 Å². The molecule has 0 fully saturated rings. The largest absolute Gasteiger partial charge is 0.496 e. The van der Waals surface area contributed by atoms with Gasteiger partial charge in [-0.25, -0.2) is 4.68 Å². The van der Waals surface area contributed by atoms with Crippen LogP contribution in [0.15, 0.2) is 29.1 Å². The second-order valence-corrected chi connectivity index (χ2v) is 4.67.